The molecule has 0 heterocycles. The van der Waals surface area contributed by atoms with E-state index >= 15 is 0 Å². The lowest BCUT2D eigenvalue weighted by Gasteiger charge is -2.29. The number of halogens is 2. The van der Waals surface area contributed by atoms with Crippen molar-refractivity contribution in [3.05, 3.63) is 32.7 Å². The van der Waals surface area contributed by atoms with Crippen molar-refractivity contribution in [1.29, 1.82) is 0 Å². The second-order valence-corrected chi connectivity index (χ2v) is 6.44. The summed E-state index contributed by atoms with van der Waals surface area (Å²) in [4.78, 5) is 12.2. The van der Waals surface area contributed by atoms with Crippen molar-refractivity contribution in [3.8, 4) is 0 Å². The average Bonchev–Trinajstić information content (AvgIpc) is 2.43. The van der Waals surface area contributed by atoms with Crippen LogP contribution >= 0.6 is 31.9 Å². The molecule has 0 bridgehead atoms. The molecule has 0 fully saturated rings. The van der Waals surface area contributed by atoms with E-state index in [2.05, 4.69) is 37.2 Å². The summed E-state index contributed by atoms with van der Waals surface area (Å²) >= 11 is 6.73. The highest BCUT2D eigenvalue weighted by Gasteiger charge is 2.26. The third-order valence-electron chi connectivity index (χ3n) is 3.63. The molecule has 0 aromatic heterocycles. The van der Waals surface area contributed by atoms with Crippen molar-refractivity contribution in [2.75, 3.05) is 13.2 Å². The molecule has 3 nitrogen and oxygen atoms in total. The van der Waals surface area contributed by atoms with E-state index in [4.69, 9.17) is 0 Å². The first-order valence-electron chi connectivity index (χ1n) is 6.32. The maximum Gasteiger partial charge on any atom is 0.252 e. The third-order valence-corrected chi connectivity index (χ3v) is 4.82. The number of aliphatic hydroxyl groups excluding tert-OH is 1. The minimum Gasteiger partial charge on any atom is -0.396 e. The van der Waals surface area contributed by atoms with Crippen molar-refractivity contribution < 1.29 is 9.90 Å². The van der Waals surface area contributed by atoms with E-state index in [0.717, 1.165) is 21.8 Å². The van der Waals surface area contributed by atoms with Crippen molar-refractivity contribution in [2.24, 2.45) is 5.41 Å². The van der Waals surface area contributed by atoms with E-state index in [1.807, 2.05) is 26.0 Å². The fraction of sp³-hybridized carbons (Fsp3) is 0.500. The Labute approximate surface area is 131 Å². The molecule has 0 radical (unpaired) electrons. The number of hydrogen-bond acceptors (Lipinski definition) is 2. The van der Waals surface area contributed by atoms with Gasteiger partial charge in [0.1, 0.15) is 0 Å². The van der Waals surface area contributed by atoms with Crippen LogP contribution in [-0.2, 0) is 0 Å². The van der Waals surface area contributed by atoms with Gasteiger partial charge in [-0.3, -0.25) is 4.79 Å². The molecule has 0 unspecified atom stereocenters. The summed E-state index contributed by atoms with van der Waals surface area (Å²) in [6.45, 7) is 4.62. The van der Waals surface area contributed by atoms with Crippen LogP contribution in [0.2, 0.25) is 0 Å². The van der Waals surface area contributed by atoms with Gasteiger partial charge in [-0.05, 0) is 47.0 Å². The van der Waals surface area contributed by atoms with Crippen molar-refractivity contribution >= 4 is 37.8 Å². The molecule has 0 aliphatic heterocycles. The van der Waals surface area contributed by atoms with Gasteiger partial charge in [0.2, 0.25) is 0 Å². The van der Waals surface area contributed by atoms with Crippen LogP contribution in [0.1, 0.15) is 37.0 Å². The zero-order valence-corrected chi connectivity index (χ0v) is 14.3. The number of carbonyl (C=O) groups is 1. The Morgan fingerprint density at radius 2 is 1.95 bits per heavy atom. The first-order valence-corrected chi connectivity index (χ1v) is 7.90. The smallest absolute Gasteiger partial charge is 0.252 e. The molecule has 0 atom stereocenters. The maximum absolute atomic E-state index is 12.2. The molecule has 106 valence electrons. The number of rotatable bonds is 6. The van der Waals surface area contributed by atoms with Gasteiger partial charge >= 0.3 is 0 Å². The molecule has 1 rings (SSSR count). The zero-order chi connectivity index (χ0) is 14.5. The normalized spacial score (nSPS) is 11.4. The largest absolute Gasteiger partial charge is 0.396 e. The second kappa shape index (κ2) is 7.41. The molecule has 0 saturated heterocycles. The summed E-state index contributed by atoms with van der Waals surface area (Å²) in [7, 11) is 0. The first kappa shape index (κ1) is 16.7. The lowest BCUT2D eigenvalue weighted by atomic mass is 9.83. The number of aliphatic hydroxyl groups is 1. The third kappa shape index (κ3) is 4.29. The molecule has 1 amide bonds. The molecular formula is C14H19Br2NO2. The van der Waals surface area contributed by atoms with Gasteiger partial charge in [-0.25, -0.2) is 0 Å². The van der Waals surface area contributed by atoms with Crippen LogP contribution in [0.5, 0.6) is 0 Å². The monoisotopic (exact) mass is 391 g/mol. The second-order valence-electron chi connectivity index (χ2n) is 4.67. The molecule has 0 spiro atoms. The van der Waals surface area contributed by atoms with Gasteiger partial charge in [-0.15, -0.1) is 0 Å². The van der Waals surface area contributed by atoms with E-state index in [-0.39, 0.29) is 17.9 Å². The summed E-state index contributed by atoms with van der Waals surface area (Å²) in [5.74, 6) is -0.132. The summed E-state index contributed by atoms with van der Waals surface area (Å²) < 4.78 is 1.62. The first-order chi connectivity index (χ1) is 8.98. The molecule has 5 heteroatoms. The molecule has 0 aliphatic rings. The lowest BCUT2D eigenvalue weighted by Crippen LogP contribution is -2.39. The van der Waals surface area contributed by atoms with Gasteiger partial charge < -0.3 is 10.4 Å². The van der Waals surface area contributed by atoms with Crippen LogP contribution in [0.15, 0.2) is 27.1 Å². The molecule has 0 aliphatic carbocycles. The highest BCUT2D eigenvalue weighted by Crippen LogP contribution is 2.25. The predicted octanol–water partition coefficient (Wildman–Crippen LogP) is 3.74. The highest BCUT2D eigenvalue weighted by molar-refractivity contribution is 9.11. The van der Waals surface area contributed by atoms with E-state index in [0.29, 0.717) is 12.1 Å². The minimum atomic E-state index is -0.228. The fourth-order valence-corrected chi connectivity index (χ4v) is 2.60. The van der Waals surface area contributed by atoms with Crippen molar-refractivity contribution in [3.63, 3.8) is 0 Å². The van der Waals surface area contributed by atoms with Gasteiger partial charge in [0.15, 0.2) is 0 Å². The van der Waals surface area contributed by atoms with Crippen molar-refractivity contribution in [2.45, 2.75) is 26.7 Å². The topological polar surface area (TPSA) is 49.3 Å². The van der Waals surface area contributed by atoms with Crippen molar-refractivity contribution in [1.82, 2.24) is 5.32 Å². The summed E-state index contributed by atoms with van der Waals surface area (Å²) in [5.41, 5.74) is 0.363. The molecule has 2 N–H and O–H groups in total. The SMILES string of the molecule is CCC(CC)(CO)CNC(=O)c1cc(Br)ccc1Br. The van der Waals surface area contributed by atoms with Crippen LogP contribution in [0.4, 0.5) is 0 Å². The van der Waals surface area contributed by atoms with Gasteiger partial charge in [0.25, 0.3) is 5.91 Å². The standard InChI is InChI=1S/C14H19Br2NO2/c1-3-14(4-2,9-18)8-17-13(19)11-7-10(15)5-6-12(11)16/h5-7,18H,3-4,8-9H2,1-2H3,(H,17,19). The Morgan fingerprint density at radius 1 is 1.32 bits per heavy atom. The number of amides is 1. The average molecular weight is 393 g/mol. The summed E-state index contributed by atoms with van der Waals surface area (Å²) in [5, 5.41) is 12.4. The minimum absolute atomic E-state index is 0.0833. The Kier molecular flexibility index (Phi) is 6.50. The highest BCUT2D eigenvalue weighted by atomic mass is 79.9. The number of nitrogens with one attached hydrogen (secondary N) is 1. The Bertz CT molecular complexity index is 437. The van der Waals surface area contributed by atoms with Gasteiger partial charge in [0.05, 0.1) is 12.2 Å². The van der Waals surface area contributed by atoms with Crippen LogP contribution < -0.4 is 5.32 Å². The Hall–Kier alpha value is -0.390. The van der Waals surface area contributed by atoms with Gasteiger partial charge in [-0.1, -0.05) is 29.8 Å². The van der Waals surface area contributed by atoms with Crippen LogP contribution in [0.3, 0.4) is 0 Å². The Balaban J connectivity index is 2.77. The van der Waals surface area contributed by atoms with Crippen LogP contribution in [0, 0.1) is 5.41 Å². The molecule has 0 saturated carbocycles. The predicted molar refractivity (Wildman–Crippen MR) is 84.3 cm³/mol. The molecule has 1 aromatic carbocycles. The fourth-order valence-electron chi connectivity index (χ4n) is 1.81. The van der Waals surface area contributed by atoms with Crippen LogP contribution in [0.25, 0.3) is 0 Å². The van der Waals surface area contributed by atoms with E-state index in [1.165, 1.54) is 0 Å². The van der Waals surface area contributed by atoms with Gasteiger partial charge in [-0.2, -0.15) is 0 Å². The maximum atomic E-state index is 12.2. The Morgan fingerprint density at radius 3 is 2.47 bits per heavy atom. The number of benzene rings is 1. The number of hydrogen-bond donors (Lipinski definition) is 2. The quantitative estimate of drug-likeness (QED) is 0.774. The summed E-state index contributed by atoms with van der Waals surface area (Å²) in [6, 6.07) is 5.48. The van der Waals surface area contributed by atoms with E-state index < -0.39 is 0 Å². The van der Waals surface area contributed by atoms with E-state index in [9.17, 15) is 9.90 Å². The van der Waals surface area contributed by atoms with Gasteiger partial charge in [0, 0.05) is 20.9 Å². The molecular weight excluding hydrogens is 374 g/mol. The van der Waals surface area contributed by atoms with Crippen LogP contribution in [-0.4, -0.2) is 24.2 Å². The zero-order valence-electron chi connectivity index (χ0n) is 11.2. The molecule has 19 heavy (non-hydrogen) atoms. The number of carbonyl (C=O) groups excluding carboxylic acids is 1. The summed E-state index contributed by atoms with van der Waals surface area (Å²) in [6.07, 6.45) is 1.67. The molecule has 1 aromatic rings. The lowest BCUT2D eigenvalue weighted by molar-refractivity contribution is 0.0850. The van der Waals surface area contributed by atoms with E-state index in [1.54, 1.807) is 6.07 Å².